The molecule has 0 radical (unpaired) electrons. The van der Waals surface area contributed by atoms with E-state index in [4.69, 9.17) is 0 Å². The molecule has 0 saturated carbocycles. The number of hydrogen-bond acceptors (Lipinski definition) is 0. The topological polar surface area (TPSA) is 0 Å². The molecule has 0 aliphatic carbocycles. The molecule has 0 aromatic heterocycles. The third-order valence-corrected chi connectivity index (χ3v) is 4.23. The molecule has 0 aliphatic rings. The van der Waals surface area contributed by atoms with Crippen molar-refractivity contribution in [3.8, 4) is 0 Å². The number of hydrogen-bond donors (Lipinski definition) is 0. The van der Waals surface area contributed by atoms with Crippen LogP contribution in [0.15, 0.2) is 89.4 Å². The van der Waals surface area contributed by atoms with Gasteiger partial charge in [0.2, 0.25) is 0 Å². The van der Waals surface area contributed by atoms with Crippen molar-refractivity contribution in [1.29, 1.82) is 0 Å². The van der Waals surface area contributed by atoms with Crippen molar-refractivity contribution >= 4 is 15.9 Å². The lowest BCUT2D eigenvalue weighted by Crippen LogP contribution is -2.05. The highest BCUT2D eigenvalue weighted by atomic mass is 79.9. The van der Waals surface area contributed by atoms with Gasteiger partial charge in [0.05, 0.1) is 0 Å². The monoisotopic (exact) mass is 336 g/mol. The van der Waals surface area contributed by atoms with Gasteiger partial charge in [0, 0.05) is 10.4 Å². The van der Waals surface area contributed by atoms with Gasteiger partial charge in [0.15, 0.2) is 0 Å². The van der Waals surface area contributed by atoms with E-state index in [1.165, 1.54) is 16.7 Å². The molecule has 0 unspecified atom stereocenters. The Balaban J connectivity index is 1.97. The van der Waals surface area contributed by atoms with Crippen LogP contribution >= 0.6 is 15.9 Å². The van der Waals surface area contributed by atoms with Crippen LogP contribution in [-0.2, 0) is 6.42 Å². The van der Waals surface area contributed by atoms with Gasteiger partial charge in [0.1, 0.15) is 0 Å². The normalized spacial score (nSPS) is 10.8. The second-order valence-corrected chi connectivity index (χ2v) is 6.12. The van der Waals surface area contributed by atoms with Crippen molar-refractivity contribution in [2.24, 2.45) is 0 Å². The van der Waals surface area contributed by atoms with E-state index in [2.05, 4.69) is 101 Å². The van der Waals surface area contributed by atoms with E-state index >= 15 is 0 Å². The first-order valence-electron chi connectivity index (χ1n) is 7.17. The van der Waals surface area contributed by atoms with Crippen molar-refractivity contribution in [3.05, 3.63) is 106 Å². The minimum absolute atomic E-state index is 0.390. The predicted molar refractivity (Wildman–Crippen MR) is 92.6 cm³/mol. The van der Waals surface area contributed by atoms with Gasteiger partial charge in [0.25, 0.3) is 0 Å². The molecule has 3 aromatic carbocycles. The Morgan fingerprint density at radius 2 is 1.24 bits per heavy atom. The minimum Gasteiger partial charge on any atom is -0.0622 e. The Labute approximate surface area is 134 Å². The number of rotatable bonds is 4. The maximum atomic E-state index is 3.56. The van der Waals surface area contributed by atoms with Gasteiger partial charge in [-0.2, -0.15) is 0 Å². The molecule has 104 valence electrons. The van der Waals surface area contributed by atoms with E-state index in [0.29, 0.717) is 5.92 Å². The van der Waals surface area contributed by atoms with Crippen LogP contribution in [0.25, 0.3) is 0 Å². The van der Waals surface area contributed by atoms with Crippen molar-refractivity contribution in [3.63, 3.8) is 0 Å². The lowest BCUT2D eigenvalue weighted by atomic mass is 9.86. The van der Waals surface area contributed by atoms with Crippen LogP contribution in [0.3, 0.4) is 0 Å². The standard InChI is InChI=1S/C20H17Br/c21-19-13-7-8-16(14-19)15-20(17-9-3-1-4-10-17)18-11-5-2-6-12-18/h1-14,20H,15H2. The molecule has 0 heterocycles. The van der Waals surface area contributed by atoms with E-state index in [1.807, 2.05) is 0 Å². The Kier molecular flexibility index (Phi) is 4.52. The van der Waals surface area contributed by atoms with E-state index in [9.17, 15) is 0 Å². The molecule has 0 aliphatic heterocycles. The highest BCUT2D eigenvalue weighted by molar-refractivity contribution is 9.10. The SMILES string of the molecule is Brc1cccc(CC(c2ccccc2)c2ccccc2)c1. The molecule has 0 fully saturated rings. The summed E-state index contributed by atoms with van der Waals surface area (Å²) in [4.78, 5) is 0. The van der Waals surface area contributed by atoms with E-state index in [-0.39, 0.29) is 0 Å². The first-order valence-corrected chi connectivity index (χ1v) is 7.96. The van der Waals surface area contributed by atoms with Crippen LogP contribution in [-0.4, -0.2) is 0 Å². The zero-order valence-corrected chi connectivity index (χ0v) is 13.3. The molecular weight excluding hydrogens is 320 g/mol. The van der Waals surface area contributed by atoms with Gasteiger partial charge in [-0.05, 0) is 35.2 Å². The molecule has 1 heteroatoms. The first kappa shape index (κ1) is 14.1. The fourth-order valence-corrected chi connectivity index (χ4v) is 3.15. The fourth-order valence-electron chi connectivity index (χ4n) is 2.70. The summed E-state index contributed by atoms with van der Waals surface area (Å²) in [7, 11) is 0. The Morgan fingerprint density at radius 3 is 1.76 bits per heavy atom. The van der Waals surface area contributed by atoms with Crippen LogP contribution in [0.2, 0.25) is 0 Å². The minimum atomic E-state index is 0.390. The molecular formula is C20H17Br. The third kappa shape index (κ3) is 3.62. The molecule has 0 saturated heterocycles. The maximum Gasteiger partial charge on any atom is 0.0178 e. The summed E-state index contributed by atoms with van der Waals surface area (Å²) in [6.07, 6.45) is 1.01. The number of benzene rings is 3. The summed E-state index contributed by atoms with van der Waals surface area (Å²) in [6.45, 7) is 0. The quantitative estimate of drug-likeness (QED) is 0.562. The molecule has 0 spiro atoms. The van der Waals surface area contributed by atoms with Gasteiger partial charge < -0.3 is 0 Å². The summed E-state index contributed by atoms with van der Waals surface area (Å²) in [5, 5.41) is 0. The van der Waals surface area contributed by atoms with Crippen molar-refractivity contribution in [2.45, 2.75) is 12.3 Å². The van der Waals surface area contributed by atoms with Gasteiger partial charge in [-0.15, -0.1) is 0 Å². The zero-order valence-electron chi connectivity index (χ0n) is 11.7. The van der Waals surface area contributed by atoms with E-state index in [0.717, 1.165) is 10.9 Å². The van der Waals surface area contributed by atoms with Gasteiger partial charge in [-0.3, -0.25) is 0 Å². The van der Waals surface area contributed by atoms with Gasteiger partial charge in [-0.1, -0.05) is 88.7 Å². The Morgan fingerprint density at radius 1 is 0.667 bits per heavy atom. The van der Waals surface area contributed by atoms with Crippen molar-refractivity contribution < 1.29 is 0 Å². The average Bonchev–Trinajstić information content (AvgIpc) is 2.54. The second kappa shape index (κ2) is 6.73. The van der Waals surface area contributed by atoms with E-state index < -0.39 is 0 Å². The Hall–Kier alpha value is -1.86. The summed E-state index contributed by atoms with van der Waals surface area (Å²) in [5.74, 6) is 0.390. The lowest BCUT2D eigenvalue weighted by Gasteiger charge is -2.18. The second-order valence-electron chi connectivity index (χ2n) is 5.21. The smallest absolute Gasteiger partial charge is 0.0178 e. The van der Waals surface area contributed by atoms with Crippen molar-refractivity contribution in [2.75, 3.05) is 0 Å². The molecule has 3 rings (SSSR count). The number of halogens is 1. The molecule has 0 bridgehead atoms. The lowest BCUT2D eigenvalue weighted by molar-refractivity contribution is 0.805. The van der Waals surface area contributed by atoms with Crippen LogP contribution in [0, 0.1) is 0 Å². The van der Waals surface area contributed by atoms with Crippen LogP contribution < -0.4 is 0 Å². The van der Waals surface area contributed by atoms with E-state index in [1.54, 1.807) is 0 Å². The predicted octanol–water partition coefficient (Wildman–Crippen LogP) is 5.82. The molecule has 0 amide bonds. The zero-order chi connectivity index (χ0) is 14.5. The molecule has 3 aromatic rings. The maximum absolute atomic E-state index is 3.56. The van der Waals surface area contributed by atoms with Gasteiger partial charge in [-0.25, -0.2) is 0 Å². The van der Waals surface area contributed by atoms with Gasteiger partial charge >= 0.3 is 0 Å². The van der Waals surface area contributed by atoms with Crippen LogP contribution in [0.4, 0.5) is 0 Å². The third-order valence-electron chi connectivity index (χ3n) is 3.73. The fraction of sp³-hybridized carbons (Fsp3) is 0.100. The van der Waals surface area contributed by atoms with Crippen molar-refractivity contribution in [1.82, 2.24) is 0 Å². The highest BCUT2D eigenvalue weighted by Crippen LogP contribution is 2.29. The first-order chi connectivity index (χ1) is 10.3. The molecule has 0 N–H and O–H groups in total. The largest absolute Gasteiger partial charge is 0.0622 e. The summed E-state index contributed by atoms with van der Waals surface area (Å²) >= 11 is 3.56. The van der Waals surface area contributed by atoms with Crippen LogP contribution in [0.1, 0.15) is 22.6 Å². The summed E-state index contributed by atoms with van der Waals surface area (Å²) in [6, 6.07) is 30.1. The summed E-state index contributed by atoms with van der Waals surface area (Å²) in [5.41, 5.74) is 4.08. The molecule has 21 heavy (non-hydrogen) atoms. The Bertz CT molecular complexity index is 650. The molecule has 0 atom stereocenters. The average molecular weight is 337 g/mol. The molecule has 0 nitrogen and oxygen atoms in total. The summed E-state index contributed by atoms with van der Waals surface area (Å²) < 4.78 is 1.14. The van der Waals surface area contributed by atoms with Crippen LogP contribution in [0.5, 0.6) is 0 Å². The highest BCUT2D eigenvalue weighted by Gasteiger charge is 2.14.